The van der Waals surface area contributed by atoms with Crippen LogP contribution in [0.25, 0.3) is 22.1 Å². The van der Waals surface area contributed by atoms with Gasteiger partial charge in [-0.3, -0.25) is 19.6 Å². The number of hydrogen-bond acceptors (Lipinski definition) is 8. The maximum Gasteiger partial charge on any atom is 0.255 e. The number of H-pyrrole nitrogens is 2. The van der Waals surface area contributed by atoms with Gasteiger partial charge in [-0.05, 0) is 102 Å². The van der Waals surface area contributed by atoms with Gasteiger partial charge in [0.2, 0.25) is 0 Å². The normalized spacial score (nSPS) is 13.7. The van der Waals surface area contributed by atoms with Gasteiger partial charge in [-0.15, -0.1) is 23.2 Å². The van der Waals surface area contributed by atoms with Crippen molar-refractivity contribution in [2.75, 3.05) is 19.0 Å². The number of hydrogen-bond donors (Lipinski definition) is 8. The minimum absolute atomic E-state index is 0.0835. The van der Waals surface area contributed by atoms with Crippen LogP contribution in [0.4, 0.5) is 0 Å². The maximum absolute atomic E-state index is 13.3. The third-order valence-electron chi connectivity index (χ3n) is 9.18. The lowest BCUT2D eigenvalue weighted by atomic mass is 10.1. The van der Waals surface area contributed by atoms with Crippen LogP contribution in [0.5, 0.6) is 11.5 Å². The molecule has 57 heavy (non-hydrogen) atoms. The van der Waals surface area contributed by atoms with Gasteiger partial charge in [0.15, 0.2) is 0 Å². The van der Waals surface area contributed by atoms with E-state index in [0.29, 0.717) is 76.4 Å². The van der Waals surface area contributed by atoms with Gasteiger partial charge in [-0.25, -0.2) is 9.97 Å². The van der Waals surface area contributed by atoms with Gasteiger partial charge in [-0.2, -0.15) is 0 Å². The molecule has 0 bridgehead atoms. The van der Waals surface area contributed by atoms with Crippen LogP contribution < -0.4 is 22.1 Å². The molecule has 0 saturated heterocycles. The molecule has 10 N–H and O–H groups in total. The number of nitrogens with zero attached hydrogens (tertiary/aromatic N) is 4. The summed E-state index contributed by atoms with van der Waals surface area (Å²) < 4.78 is 0.568. The predicted octanol–water partition coefficient (Wildman–Crippen LogP) is 6.89. The summed E-state index contributed by atoms with van der Waals surface area (Å²) in [5.74, 6) is 0.668. The highest BCUT2D eigenvalue weighted by Crippen LogP contribution is 2.29. The molecular formula is C40H41Cl2IN10O4. The molecule has 2 heterocycles. The molecule has 6 rings (SSSR count). The minimum atomic E-state index is -0.752. The number of rotatable bonds is 17. The first-order valence-electron chi connectivity index (χ1n) is 18.1. The summed E-state index contributed by atoms with van der Waals surface area (Å²) in [5, 5.41) is 26.1. The number of alkyl halides is 2. The lowest BCUT2D eigenvalue weighted by molar-refractivity contribution is 0.0921. The first-order valence-corrected chi connectivity index (χ1v) is 20.2. The molecule has 3 atom stereocenters. The van der Waals surface area contributed by atoms with E-state index < -0.39 is 29.3 Å². The fraction of sp³-hybridized carbons (Fsp3) is 0.250. The van der Waals surface area contributed by atoms with E-state index in [1.807, 2.05) is 65.1 Å². The number of halogens is 3. The second-order valence-electron chi connectivity index (χ2n) is 13.2. The summed E-state index contributed by atoms with van der Waals surface area (Å²) in [6.45, 7) is 0.733. The molecule has 0 radical (unpaired) electrons. The van der Waals surface area contributed by atoms with E-state index in [1.54, 1.807) is 36.4 Å². The smallest absolute Gasteiger partial charge is 0.255 e. The number of aromatic nitrogens is 4. The van der Waals surface area contributed by atoms with Crippen LogP contribution in [0.15, 0.2) is 94.9 Å². The molecule has 296 valence electrons. The van der Waals surface area contributed by atoms with Crippen molar-refractivity contribution in [3.05, 3.63) is 117 Å². The molecule has 0 aliphatic rings. The van der Waals surface area contributed by atoms with Gasteiger partial charge in [0.1, 0.15) is 40.2 Å². The Balaban J connectivity index is 1.14. The lowest BCUT2D eigenvalue weighted by Gasteiger charge is -2.17. The average molecular weight is 924 g/mol. The molecule has 6 aromatic rings. The van der Waals surface area contributed by atoms with Crippen LogP contribution in [0.1, 0.15) is 81.1 Å². The van der Waals surface area contributed by atoms with Gasteiger partial charge >= 0.3 is 0 Å². The van der Waals surface area contributed by atoms with E-state index in [4.69, 9.17) is 44.6 Å². The number of carbonyl (C=O) groups excluding carboxylic acids is 2. The first-order chi connectivity index (χ1) is 27.5. The van der Waals surface area contributed by atoms with Crippen LogP contribution in [-0.4, -0.2) is 72.6 Å². The van der Waals surface area contributed by atoms with E-state index in [1.165, 1.54) is 6.07 Å². The summed E-state index contributed by atoms with van der Waals surface area (Å²) in [6.07, 6.45) is 2.05. The predicted molar refractivity (Wildman–Crippen MR) is 232 cm³/mol. The number of aromatic amines is 2. The third-order valence-corrected chi connectivity index (χ3v) is 10.8. The van der Waals surface area contributed by atoms with E-state index in [-0.39, 0.29) is 34.3 Å². The zero-order valence-electron chi connectivity index (χ0n) is 30.6. The number of para-hydroxylation sites is 4. The summed E-state index contributed by atoms with van der Waals surface area (Å²) >= 11 is 14.6. The number of amides is 2. The molecule has 0 spiro atoms. The average Bonchev–Trinajstić information content (AvgIpc) is 3.85. The van der Waals surface area contributed by atoms with Crippen molar-refractivity contribution in [2.24, 2.45) is 21.5 Å². The van der Waals surface area contributed by atoms with Gasteiger partial charge in [0, 0.05) is 13.1 Å². The number of benzene rings is 4. The number of nitrogens with one attached hydrogen (secondary N) is 4. The molecule has 17 heteroatoms. The summed E-state index contributed by atoms with van der Waals surface area (Å²) in [6, 6.07) is 23.3. The topological polar surface area (TPSA) is 233 Å². The number of amidine groups is 2. The van der Waals surface area contributed by atoms with Crippen LogP contribution in [-0.2, 0) is 0 Å². The largest absolute Gasteiger partial charge is 0.507 e. The van der Waals surface area contributed by atoms with E-state index in [2.05, 4.69) is 30.6 Å². The fourth-order valence-corrected chi connectivity index (χ4v) is 7.00. The van der Waals surface area contributed by atoms with E-state index in [0.717, 1.165) is 11.0 Å². The Labute approximate surface area is 351 Å². The van der Waals surface area contributed by atoms with Crippen LogP contribution in [0, 0.1) is 3.57 Å². The zero-order valence-corrected chi connectivity index (χ0v) is 34.2. The van der Waals surface area contributed by atoms with Crippen LogP contribution in [0.3, 0.4) is 0 Å². The summed E-state index contributed by atoms with van der Waals surface area (Å²) in [4.78, 5) is 51.4. The van der Waals surface area contributed by atoms with Crippen molar-refractivity contribution in [1.29, 1.82) is 0 Å². The molecule has 0 aliphatic carbocycles. The van der Waals surface area contributed by atoms with E-state index >= 15 is 0 Å². The third kappa shape index (κ3) is 10.3. The SMILES string of the molecule is NC(CCl)=NCCC[C@H](NC(=O)c1ccccc1O)c1nc2ccc(C(Cl)C(N)=NCCC[C@H](NC(=O)c3cccc(I)c3O)c3nc4ccccc4[nH]3)cc2[nH]1. The van der Waals surface area contributed by atoms with Gasteiger partial charge in [0.25, 0.3) is 11.8 Å². The highest BCUT2D eigenvalue weighted by Gasteiger charge is 2.24. The van der Waals surface area contributed by atoms with Gasteiger partial charge < -0.3 is 42.3 Å². The monoisotopic (exact) mass is 922 g/mol. The molecule has 0 aliphatic heterocycles. The van der Waals surface area contributed by atoms with Crippen LogP contribution in [0.2, 0.25) is 0 Å². The second-order valence-corrected chi connectivity index (χ2v) is 15.1. The molecule has 0 fully saturated rings. The Bertz CT molecular complexity index is 2400. The quantitative estimate of drug-likeness (QED) is 0.0157. The Hall–Kier alpha value is -5.39. The summed E-state index contributed by atoms with van der Waals surface area (Å²) in [7, 11) is 0. The number of aliphatic imine (C=N–C) groups is 2. The number of phenolic OH excluding ortho intramolecular Hbond substituents is 2. The van der Waals surface area contributed by atoms with Crippen molar-refractivity contribution >= 4 is 91.3 Å². The Morgan fingerprint density at radius 2 is 1.37 bits per heavy atom. The number of aromatic hydroxyl groups is 2. The fourth-order valence-electron chi connectivity index (χ4n) is 6.21. The molecule has 2 aromatic heterocycles. The van der Waals surface area contributed by atoms with Crippen molar-refractivity contribution in [3.8, 4) is 11.5 Å². The standard InChI is InChI=1S/C40H41Cl2IN10O4/c41-21-33(44)46-18-6-13-30(52-39(56)23-8-1-4-15-32(23)54)38-50-28-17-16-22(20-31(28)51-38)34(42)36(45)47-19-7-14-29(37-48-26-11-2-3-12-27(26)49-37)53-40(57)24-9-5-10-25(43)35(24)55/h1-5,8-12,15-17,20,29-30,34,54-55H,6-7,13-14,18-19,21H2,(H2,44,46)(H2,45,47)(H,48,49)(H,50,51)(H,52,56)(H,53,57)/t29-,30-,34?/m0/s1. The molecular weight excluding hydrogens is 882 g/mol. The minimum Gasteiger partial charge on any atom is -0.507 e. The molecule has 1 unspecified atom stereocenters. The molecule has 14 nitrogen and oxygen atoms in total. The van der Waals surface area contributed by atoms with Crippen LogP contribution >= 0.6 is 45.8 Å². The highest BCUT2D eigenvalue weighted by molar-refractivity contribution is 14.1. The molecule has 0 saturated carbocycles. The first kappa shape index (κ1) is 41.2. The number of phenols is 2. The van der Waals surface area contributed by atoms with E-state index in [9.17, 15) is 19.8 Å². The number of nitrogens with two attached hydrogens (primary N) is 2. The lowest BCUT2D eigenvalue weighted by Crippen LogP contribution is -2.29. The number of fused-ring (bicyclic) bond motifs is 2. The summed E-state index contributed by atoms with van der Waals surface area (Å²) in [5.41, 5.74) is 16.1. The zero-order chi connectivity index (χ0) is 40.5. The van der Waals surface area contributed by atoms with Gasteiger partial charge in [0.05, 0.1) is 54.7 Å². The Morgan fingerprint density at radius 3 is 2.05 bits per heavy atom. The van der Waals surface area contributed by atoms with Crippen molar-refractivity contribution in [2.45, 2.75) is 43.1 Å². The van der Waals surface area contributed by atoms with Crippen molar-refractivity contribution < 1.29 is 19.8 Å². The molecule has 4 aromatic carbocycles. The molecule has 2 amide bonds. The maximum atomic E-state index is 13.3. The number of carbonyl (C=O) groups is 2. The van der Waals surface area contributed by atoms with Crippen molar-refractivity contribution in [3.63, 3.8) is 0 Å². The number of imidazole rings is 2. The Kier molecular flexibility index (Phi) is 13.9. The Morgan fingerprint density at radius 1 is 0.772 bits per heavy atom. The highest BCUT2D eigenvalue weighted by atomic mass is 127. The van der Waals surface area contributed by atoms with Crippen molar-refractivity contribution in [1.82, 2.24) is 30.6 Å². The van der Waals surface area contributed by atoms with Gasteiger partial charge in [-0.1, -0.05) is 36.4 Å². The second kappa shape index (κ2) is 19.2.